The summed E-state index contributed by atoms with van der Waals surface area (Å²) in [4.78, 5) is 28.6. The maximum atomic E-state index is 12.4. The van der Waals surface area contributed by atoms with Crippen LogP contribution in [0.5, 0.6) is 0 Å². The van der Waals surface area contributed by atoms with Crippen molar-refractivity contribution in [2.24, 2.45) is 0 Å². The molecule has 0 saturated carbocycles. The molecule has 1 atom stereocenters. The van der Waals surface area contributed by atoms with Crippen LogP contribution in [0, 0.1) is 0 Å². The summed E-state index contributed by atoms with van der Waals surface area (Å²) in [6.45, 7) is 9.85. The number of urea groups is 1. The number of piperazine rings is 1. The first kappa shape index (κ1) is 17.7. The molecule has 2 amide bonds. The van der Waals surface area contributed by atoms with Gasteiger partial charge in [0.05, 0.1) is 12.1 Å². The lowest BCUT2D eigenvalue weighted by molar-refractivity contribution is -0.143. The lowest BCUT2D eigenvalue weighted by Gasteiger charge is -2.39. The molecule has 1 heterocycles. The van der Waals surface area contributed by atoms with E-state index in [-0.39, 0.29) is 12.6 Å². The van der Waals surface area contributed by atoms with E-state index in [1.807, 2.05) is 11.8 Å². The van der Waals surface area contributed by atoms with Crippen molar-refractivity contribution >= 4 is 12.0 Å². The van der Waals surface area contributed by atoms with Crippen molar-refractivity contribution in [2.45, 2.75) is 39.3 Å². The number of hydrogen-bond donors (Lipinski definition) is 2. The molecule has 7 nitrogen and oxygen atoms in total. The maximum absolute atomic E-state index is 12.4. The first-order valence-electron chi connectivity index (χ1n) is 7.38. The number of hydrogen-bond acceptors (Lipinski definition) is 4. The fourth-order valence-corrected chi connectivity index (χ4v) is 2.44. The van der Waals surface area contributed by atoms with E-state index >= 15 is 0 Å². The third-order valence-electron chi connectivity index (χ3n) is 3.72. The van der Waals surface area contributed by atoms with Crippen LogP contribution in [0.4, 0.5) is 4.79 Å². The Hall–Kier alpha value is -1.34. The Balaban J connectivity index is 2.56. The lowest BCUT2D eigenvalue weighted by Crippen LogP contribution is -2.56. The highest BCUT2D eigenvalue weighted by atomic mass is 16.4. The third kappa shape index (κ3) is 5.17. The predicted molar refractivity (Wildman–Crippen MR) is 79.2 cm³/mol. The molecule has 21 heavy (non-hydrogen) atoms. The highest BCUT2D eigenvalue weighted by Gasteiger charge is 2.30. The zero-order chi connectivity index (χ0) is 16.2. The van der Waals surface area contributed by atoms with E-state index in [4.69, 9.17) is 5.11 Å². The monoisotopic (exact) mass is 301 g/mol. The largest absolute Gasteiger partial charge is 0.480 e. The second-order valence-corrected chi connectivity index (χ2v) is 6.15. The molecule has 122 valence electrons. The van der Waals surface area contributed by atoms with Gasteiger partial charge < -0.3 is 20.0 Å². The van der Waals surface area contributed by atoms with Crippen LogP contribution in [-0.2, 0) is 4.79 Å². The van der Waals surface area contributed by atoms with E-state index < -0.39 is 17.6 Å². The van der Waals surface area contributed by atoms with Crippen LogP contribution in [0.15, 0.2) is 0 Å². The molecule has 0 spiro atoms. The first-order valence-corrected chi connectivity index (χ1v) is 7.38. The van der Waals surface area contributed by atoms with Gasteiger partial charge >= 0.3 is 12.0 Å². The quantitative estimate of drug-likeness (QED) is 0.762. The Morgan fingerprint density at radius 3 is 2.14 bits per heavy atom. The van der Waals surface area contributed by atoms with Crippen LogP contribution in [0.2, 0.25) is 0 Å². The van der Waals surface area contributed by atoms with Gasteiger partial charge in [0.2, 0.25) is 0 Å². The van der Waals surface area contributed by atoms with E-state index in [2.05, 4.69) is 0 Å². The molecule has 7 heteroatoms. The van der Waals surface area contributed by atoms with Crippen LogP contribution in [0.3, 0.4) is 0 Å². The number of aliphatic carboxylic acids is 1. The molecule has 0 aromatic heterocycles. The van der Waals surface area contributed by atoms with Crippen molar-refractivity contribution in [1.29, 1.82) is 0 Å². The molecule has 1 aliphatic rings. The van der Waals surface area contributed by atoms with Gasteiger partial charge in [0.1, 0.15) is 6.04 Å². The Kier molecular flexibility index (Phi) is 5.98. The van der Waals surface area contributed by atoms with Gasteiger partial charge in [0.15, 0.2) is 0 Å². The standard InChI is InChI=1S/C14H27N3O4/c1-5-15(10-14(3,4)21)13(20)17-8-6-16(7-9-17)11(2)12(18)19/h11,21H,5-10H2,1-4H3,(H,18,19). The van der Waals surface area contributed by atoms with Gasteiger partial charge in [-0.3, -0.25) is 9.69 Å². The summed E-state index contributed by atoms with van der Waals surface area (Å²) in [5.74, 6) is -0.841. The molecular weight excluding hydrogens is 274 g/mol. The summed E-state index contributed by atoms with van der Waals surface area (Å²) < 4.78 is 0. The highest BCUT2D eigenvalue weighted by Crippen LogP contribution is 2.12. The van der Waals surface area contributed by atoms with E-state index in [0.717, 1.165) is 0 Å². The molecule has 2 N–H and O–H groups in total. The Labute approximate surface area is 126 Å². The molecule has 0 aromatic rings. The zero-order valence-electron chi connectivity index (χ0n) is 13.4. The van der Waals surface area contributed by atoms with E-state index in [9.17, 15) is 14.7 Å². The second kappa shape index (κ2) is 7.09. The van der Waals surface area contributed by atoms with Crippen molar-refractivity contribution in [3.05, 3.63) is 0 Å². The van der Waals surface area contributed by atoms with Crippen molar-refractivity contribution in [3.8, 4) is 0 Å². The minimum absolute atomic E-state index is 0.0951. The number of rotatable bonds is 5. The summed E-state index contributed by atoms with van der Waals surface area (Å²) in [5, 5.41) is 18.9. The first-order chi connectivity index (χ1) is 9.65. The number of aliphatic hydroxyl groups is 1. The van der Waals surface area contributed by atoms with Gasteiger partial charge in [0.25, 0.3) is 0 Å². The van der Waals surface area contributed by atoms with Crippen molar-refractivity contribution in [2.75, 3.05) is 39.3 Å². The number of carbonyl (C=O) groups is 2. The average Bonchev–Trinajstić information content (AvgIpc) is 2.42. The summed E-state index contributed by atoms with van der Waals surface area (Å²) in [7, 11) is 0. The van der Waals surface area contributed by atoms with Crippen LogP contribution < -0.4 is 0 Å². The molecule has 0 bridgehead atoms. The van der Waals surface area contributed by atoms with Gasteiger partial charge in [-0.05, 0) is 27.7 Å². The number of likely N-dealkylation sites (N-methyl/N-ethyl adjacent to an activating group) is 1. The van der Waals surface area contributed by atoms with Crippen LogP contribution in [0.25, 0.3) is 0 Å². The van der Waals surface area contributed by atoms with Crippen molar-refractivity contribution in [3.63, 3.8) is 0 Å². The fourth-order valence-electron chi connectivity index (χ4n) is 2.44. The highest BCUT2D eigenvalue weighted by molar-refractivity contribution is 5.75. The second-order valence-electron chi connectivity index (χ2n) is 6.15. The number of nitrogens with zero attached hydrogens (tertiary/aromatic N) is 3. The number of amides is 2. The van der Waals surface area contributed by atoms with E-state index in [1.54, 1.807) is 30.6 Å². The van der Waals surface area contributed by atoms with Gasteiger partial charge in [-0.2, -0.15) is 0 Å². The summed E-state index contributed by atoms with van der Waals surface area (Å²) in [6, 6.07) is -0.622. The molecule has 0 radical (unpaired) electrons. The minimum atomic E-state index is -0.925. The van der Waals surface area contributed by atoms with E-state index in [1.165, 1.54) is 0 Å². The Morgan fingerprint density at radius 1 is 1.24 bits per heavy atom. The molecular formula is C14H27N3O4. The van der Waals surface area contributed by atoms with Gasteiger partial charge in [-0.15, -0.1) is 0 Å². The molecule has 1 rings (SSSR count). The lowest BCUT2D eigenvalue weighted by atomic mass is 10.1. The zero-order valence-corrected chi connectivity index (χ0v) is 13.4. The van der Waals surface area contributed by atoms with Crippen molar-refractivity contribution in [1.82, 2.24) is 14.7 Å². The topological polar surface area (TPSA) is 84.3 Å². The van der Waals surface area contributed by atoms with Gasteiger partial charge in [0, 0.05) is 32.7 Å². The maximum Gasteiger partial charge on any atom is 0.320 e. The normalized spacial score (nSPS) is 18.4. The summed E-state index contributed by atoms with van der Waals surface area (Å²) in [5.41, 5.74) is -0.925. The smallest absolute Gasteiger partial charge is 0.320 e. The molecule has 1 saturated heterocycles. The number of carbonyl (C=O) groups excluding carboxylic acids is 1. The molecule has 1 unspecified atom stereocenters. The minimum Gasteiger partial charge on any atom is -0.480 e. The fraction of sp³-hybridized carbons (Fsp3) is 0.857. The summed E-state index contributed by atoms with van der Waals surface area (Å²) >= 11 is 0. The van der Waals surface area contributed by atoms with Crippen molar-refractivity contribution < 1.29 is 19.8 Å². The number of carboxylic acid groups (broad SMARTS) is 1. The Morgan fingerprint density at radius 2 is 1.76 bits per heavy atom. The van der Waals surface area contributed by atoms with Gasteiger partial charge in [-0.1, -0.05) is 0 Å². The number of carboxylic acids is 1. The average molecular weight is 301 g/mol. The van der Waals surface area contributed by atoms with Crippen LogP contribution in [-0.4, -0.2) is 87.8 Å². The molecule has 1 fully saturated rings. The van der Waals surface area contributed by atoms with E-state index in [0.29, 0.717) is 32.7 Å². The third-order valence-corrected chi connectivity index (χ3v) is 3.72. The molecule has 1 aliphatic heterocycles. The predicted octanol–water partition coefficient (Wildman–Crippen LogP) is 0.290. The Bertz CT molecular complexity index is 373. The molecule has 0 aromatic carbocycles. The summed E-state index contributed by atoms with van der Waals surface area (Å²) in [6.07, 6.45) is 0. The SMILES string of the molecule is CCN(CC(C)(C)O)C(=O)N1CCN(C(C)C(=O)O)CC1. The molecule has 0 aliphatic carbocycles. The van der Waals surface area contributed by atoms with Crippen LogP contribution >= 0.6 is 0 Å². The van der Waals surface area contributed by atoms with Gasteiger partial charge in [-0.25, -0.2) is 4.79 Å². The van der Waals surface area contributed by atoms with Crippen LogP contribution in [0.1, 0.15) is 27.7 Å².